The van der Waals surface area contributed by atoms with Gasteiger partial charge in [-0.1, -0.05) is 217 Å². The average Bonchev–Trinajstić information content (AvgIpc) is 3.32. The molecule has 0 radical (unpaired) electrons. The number of hydrogen-bond acceptors (Lipinski definition) is 1. The number of benzene rings is 7. The summed E-state index contributed by atoms with van der Waals surface area (Å²) in [6.45, 7) is 23.6. The lowest BCUT2D eigenvalue weighted by molar-refractivity contribution is 0.743. The van der Waals surface area contributed by atoms with Crippen molar-refractivity contribution in [1.82, 2.24) is 4.98 Å². The fourth-order valence-corrected chi connectivity index (χ4v) is 8.90. The van der Waals surface area contributed by atoms with E-state index in [4.69, 9.17) is 0 Å². The predicted octanol–water partition coefficient (Wildman–Crippen LogP) is 16.8. The average molecular weight is 796 g/mol. The van der Waals surface area contributed by atoms with E-state index in [1.165, 1.54) is 72.0 Å². The molecule has 8 aromatic rings. The minimum Gasteiger partial charge on any atom is -0.256 e. The van der Waals surface area contributed by atoms with Crippen LogP contribution >= 0.6 is 0 Å². The number of aryl methyl sites for hydroxylation is 2. The summed E-state index contributed by atoms with van der Waals surface area (Å²) in [5.41, 5.74) is 16.2. The summed E-state index contributed by atoms with van der Waals surface area (Å²) in [5.74, 6) is 0.240. The van der Waals surface area contributed by atoms with Crippen molar-refractivity contribution in [2.75, 3.05) is 0 Å². The molecule has 1 unspecified atom stereocenters. The first-order chi connectivity index (χ1) is 29.8. The third-order valence-electron chi connectivity index (χ3n) is 11.9. The molecule has 0 spiro atoms. The van der Waals surface area contributed by atoms with Crippen molar-refractivity contribution in [2.24, 2.45) is 0 Å². The van der Waals surface area contributed by atoms with E-state index in [0.29, 0.717) is 0 Å². The van der Waals surface area contributed by atoms with Crippen LogP contribution in [0.15, 0.2) is 195 Å². The van der Waals surface area contributed by atoms with E-state index in [1.54, 1.807) is 0 Å². The van der Waals surface area contributed by atoms with Gasteiger partial charge in [-0.05, 0) is 123 Å². The van der Waals surface area contributed by atoms with E-state index in [2.05, 4.69) is 222 Å². The molecular formula is C60H61N. The Morgan fingerprint density at radius 3 is 1.62 bits per heavy atom. The standard InChI is InChI=1S/C56H49N.2C2H6/c1-38(36-40(3)52-33-27-46-16-13-14-22-54(46)42(52)5)44-23-29-50(30-24-44)56(48-18-9-7-10-19-48,49-20-11-8-12-21-49)51-31-25-45(26-32-51)39(2)37-41(4)53-34-28-47-17-15-35-57-55(47)43(53)6;2*1-2/h7-38H,2H2,1,3-6H3;2*1-2H3/b40-36-,41-37-;;. The highest BCUT2D eigenvalue weighted by molar-refractivity contribution is 5.91. The first-order valence-corrected chi connectivity index (χ1v) is 22.0. The van der Waals surface area contributed by atoms with Gasteiger partial charge in [0.05, 0.1) is 10.9 Å². The van der Waals surface area contributed by atoms with E-state index < -0.39 is 5.41 Å². The van der Waals surface area contributed by atoms with Gasteiger partial charge in [-0.15, -0.1) is 0 Å². The molecule has 0 N–H and O–H groups in total. The van der Waals surface area contributed by atoms with Crippen molar-refractivity contribution < 1.29 is 0 Å². The minimum atomic E-state index is -0.543. The Bertz CT molecular complexity index is 2730. The molecule has 1 atom stereocenters. The van der Waals surface area contributed by atoms with Gasteiger partial charge in [0, 0.05) is 11.6 Å². The molecule has 61 heavy (non-hydrogen) atoms. The molecule has 0 bridgehead atoms. The number of nitrogens with zero attached hydrogens (tertiary/aromatic N) is 1. The normalized spacial score (nSPS) is 12.2. The Kier molecular flexibility index (Phi) is 14.5. The highest BCUT2D eigenvalue weighted by Gasteiger charge is 2.38. The Morgan fingerprint density at radius 2 is 1.02 bits per heavy atom. The van der Waals surface area contributed by atoms with E-state index in [0.717, 1.165) is 22.0 Å². The number of aromatic nitrogens is 1. The van der Waals surface area contributed by atoms with Crippen LogP contribution in [0.25, 0.3) is 38.4 Å². The van der Waals surface area contributed by atoms with Gasteiger partial charge in [0.2, 0.25) is 0 Å². The summed E-state index contributed by atoms with van der Waals surface area (Å²) in [4.78, 5) is 4.66. The van der Waals surface area contributed by atoms with Crippen LogP contribution < -0.4 is 0 Å². The van der Waals surface area contributed by atoms with Crippen molar-refractivity contribution >= 4 is 38.4 Å². The third-order valence-corrected chi connectivity index (χ3v) is 11.9. The predicted molar refractivity (Wildman–Crippen MR) is 267 cm³/mol. The summed E-state index contributed by atoms with van der Waals surface area (Å²) in [5, 5.41) is 3.76. The lowest BCUT2D eigenvalue weighted by Crippen LogP contribution is -2.31. The second-order valence-corrected chi connectivity index (χ2v) is 15.4. The van der Waals surface area contributed by atoms with Crippen molar-refractivity contribution in [3.05, 3.63) is 250 Å². The molecule has 8 rings (SSSR count). The number of pyridine rings is 1. The summed E-state index contributed by atoms with van der Waals surface area (Å²) in [6.07, 6.45) is 6.48. The summed E-state index contributed by atoms with van der Waals surface area (Å²) < 4.78 is 0. The maximum atomic E-state index is 4.66. The molecular weight excluding hydrogens is 735 g/mol. The van der Waals surface area contributed by atoms with E-state index >= 15 is 0 Å². The molecule has 0 aliphatic rings. The van der Waals surface area contributed by atoms with Crippen LogP contribution in [0.2, 0.25) is 0 Å². The van der Waals surface area contributed by atoms with Crippen LogP contribution in [0.5, 0.6) is 0 Å². The maximum Gasteiger partial charge on any atom is 0.0737 e. The van der Waals surface area contributed by atoms with Gasteiger partial charge in [-0.25, -0.2) is 0 Å². The van der Waals surface area contributed by atoms with Crippen LogP contribution in [-0.2, 0) is 5.41 Å². The van der Waals surface area contributed by atoms with E-state index in [1.807, 2.05) is 40.0 Å². The number of fused-ring (bicyclic) bond motifs is 2. The molecule has 0 saturated carbocycles. The first-order valence-electron chi connectivity index (χ1n) is 22.0. The Labute approximate surface area is 365 Å². The summed E-state index contributed by atoms with van der Waals surface area (Å²) in [6, 6.07) is 61.9. The largest absolute Gasteiger partial charge is 0.256 e. The summed E-state index contributed by atoms with van der Waals surface area (Å²) >= 11 is 0. The maximum absolute atomic E-state index is 4.66. The first kappa shape index (κ1) is 44.0. The van der Waals surface area contributed by atoms with Crippen molar-refractivity contribution in [2.45, 2.75) is 73.6 Å². The number of allylic oxidation sites excluding steroid dienone is 5. The highest BCUT2D eigenvalue weighted by atomic mass is 14.6. The number of hydrogen-bond donors (Lipinski definition) is 0. The Hall–Kier alpha value is -6.57. The third kappa shape index (κ3) is 8.98. The second-order valence-electron chi connectivity index (χ2n) is 15.4. The molecule has 1 aromatic heterocycles. The highest BCUT2D eigenvalue weighted by Crippen LogP contribution is 2.46. The van der Waals surface area contributed by atoms with Gasteiger partial charge in [-0.2, -0.15) is 0 Å². The van der Waals surface area contributed by atoms with Gasteiger partial charge >= 0.3 is 0 Å². The SMILES string of the molecule is C=C(/C=C(/C)c1ccc2cccnc2c1C)c1ccc(C(c2ccccc2)(c2ccccc2)c2ccc(C(C)/C=C(/C)c3ccc4ccccc4c3C)cc2)cc1.CC.CC. The Balaban J connectivity index is 0.00000151. The zero-order chi connectivity index (χ0) is 43.5. The molecule has 0 amide bonds. The molecule has 0 aliphatic carbocycles. The fourth-order valence-electron chi connectivity index (χ4n) is 8.90. The van der Waals surface area contributed by atoms with Gasteiger partial charge in [0.25, 0.3) is 0 Å². The Morgan fingerprint density at radius 1 is 0.525 bits per heavy atom. The molecule has 306 valence electrons. The van der Waals surface area contributed by atoms with Crippen molar-refractivity contribution in [1.29, 1.82) is 0 Å². The van der Waals surface area contributed by atoms with Crippen molar-refractivity contribution in [3.8, 4) is 0 Å². The van der Waals surface area contributed by atoms with Gasteiger partial charge in [-0.3, -0.25) is 4.98 Å². The molecule has 0 saturated heterocycles. The van der Waals surface area contributed by atoms with Crippen LogP contribution in [0, 0.1) is 13.8 Å². The molecule has 0 fully saturated rings. The van der Waals surface area contributed by atoms with E-state index in [9.17, 15) is 0 Å². The van der Waals surface area contributed by atoms with E-state index in [-0.39, 0.29) is 5.92 Å². The van der Waals surface area contributed by atoms with Crippen LogP contribution in [0.1, 0.15) is 110 Å². The zero-order valence-electron chi connectivity index (χ0n) is 37.6. The minimum absolute atomic E-state index is 0.240. The second kappa shape index (κ2) is 20.1. The van der Waals surface area contributed by atoms with Gasteiger partial charge < -0.3 is 0 Å². The fraction of sp³-hybridized carbons (Fsp3) is 0.183. The quantitative estimate of drug-likeness (QED) is 0.0992. The lowest BCUT2D eigenvalue weighted by Gasteiger charge is -2.37. The molecule has 7 aromatic carbocycles. The van der Waals surface area contributed by atoms with Crippen molar-refractivity contribution in [3.63, 3.8) is 0 Å². The van der Waals surface area contributed by atoms with Crippen LogP contribution in [0.4, 0.5) is 0 Å². The summed E-state index contributed by atoms with van der Waals surface area (Å²) in [7, 11) is 0. The smallest absolute Gasteiger partial charge is 0.0737 e. The number of rotatable bonds is 10. The molecule has 1 nitrogen and oxygen atoms in total. The van der Waals surface area contributed by atoms with Crippen LogP contribution in [-0.4, -0.2) is 4.98 Å². The monoisotopic (exact) mass is 795 g/mol. The molecule has 1 heterocycles. The van der Waals surface area contributed by atoms with Crippen LogP contribution in [0.3, 0.4) is 0 Å². The molecule has 1 heteroatoms. The topological polar surface area (TPSA) is 12.9 Å². The zero-order valence-corrected chi connectivity index (χ0v) is 37.6. The van der Waals surface area contributed by atoms with Gasteiger partial charge in [0.15, 0.2) is 0 Å². The lowest BCUT2D eigenvalue weighted by atomic mass is 9.65. The van der Waals surface area contributed by atoms with Gasteiger partial charge in [0.1, 0.15) is 0 Å². The molecule has 0 aliphatic heterocycles.